The average molecular weight is 470 g/mol. The maximum Gasteiger partial charge on any atom is 0.339 e. The van der Waals surface area contributed by atoms with Crippen molar-refractivity contribution in [3.8, 4) is 0 Å². The number of ether oxygens (including phenoxy) is 1. The summed E-state index contributed by atoms with van der Waals surface area (Å²) in [5.74, 6) is -1.30. The minimum absolute atomic E-state index is 0.109. The highest BCUT2D eigenvalue weighted by atomic mass is 35.5. The summed E-state index contributed by atoms with van der Waals surface area (Å²) in [6, 6.07) is 17.4. The molecule has 1 aromatic heterocycles. The number of aryl methyl sites for hydroxylation is 1. The van der Waals surface area contributed by atoms with Gasteiger partial charge in [-0.15, -0.1) is 11.8 Å². The Bertz CT molecular complexity index is 1120. The molecule has 9 heteroatoms. The van der Waals surface area contributed by atoms with E-state index in [9.17, 15) is 14.4 Å². The van der Waals surface area contributed by atoms with Crippen LogP contribution < -0.4 is 10.6 Å². The van der Waals surface area contributed by atoms with Crippen molar-refractivity contribution in [3.63, 3.8) is 0 Å². The molecule has 0 unspecified atom stereocenters. The summed E-state index contributed by atoms with van der Waals surface area (Å²) < 4.78 is 5.13. The number of thioether (sulfide) groups is 1. The van der Waals surface area contributed by atoms with Crippen LogP contribution in [0.25, 0.3) is 0 Å². The summed E-state index contributed by atoms with van der Waals surface area (Å²) in [5, 5.41) is 5.48. The lowest BCUT2D eigenvalue weighted by Crippen LogP contribution is -2.21. The van der Waals surface area contributed by atoms with Gasteiger partial charge >= 0.3 is 5.97 Å². The van der Waals surface area contributed by atoms with Gasteiger partial charge in [-0.2, -0.15) is 0 Å². The van der Waals surface area contributed by atoms with Gasteiger partial charge in [0.25, 0.3) is 5.91 Å². The number of hydrogen-bond acceptors (Lipinski definition) is 6. The Morgan fingerprint density at radius 1 is 0.969 bits per heavy atom. The first-order valence-corrected chi connectivity index (χ1v) is 10.9. The third-order valence-electron chi connectivity index (χ3n) is 4.17. The molecule has 2 amide bonds. The molecule has 0 atom stereocenters. The second kappa shape index (κ2) is 11.3. The van der Waals surface area contributed by atoms with Crippen LogP contribution in [0.5, 0.6) is 0 Å². The Morgan fingerprint density at radius 3 is 2.47 bits per heavy atom. The van der Waals surface area contributed by atoms with Crippen molar-refractivity contribution in [3.05, 3.63) is 83.1 Å². The van der Waals surface area contributed by atoms with Gasteiger partial charge in [-0.3, -0.25) is 9.59 Å². The first-order valence-electron chi connectivity index (χ1n) is 9.58. The molecule has 2 N–H and O–H groups in total. The molecule has 0 fully saturated rings. The summed E-state index contributed by atoms with van der Waals surface area (Å²) in [4.78, 5) is 41.3. The highest BCUT2D eigenvalue weighted by Crippen LogP contribution is 2.24. The van der Waals surface area contributed by atoms with Crippen molar-refractivity contribution in [1.82, 2.24) is 4.98 Å². The van der Waals surface area contributed by atoms with Crippen LogP contribution in [0.3, 0.4) is 0 Å². The topological polar surface area (TPSA) is 97.4 Å². The average Bonchev–Trinajstić information content (AvgIpc) is 2.79. The number of carbonyl (C=O) groups excluding carboxylic acids is 3. The zero-order valence-corrected chi connectivity index (χ0v) is 18.7. The lowest BCUT2D eigenvalue weighted by Gasteiger charge is -2.10. The van der Waals surface area contributed by atoms with E-state index in [1.807, 2.05) is 31.2 Å². The van der Waals surface area contributed by atoms with Gasteiger partial charge in [0.1, 0.15) is 0 Å². The number of anilines is 2. The van der Waals surface area contributed by atoms with Gasteiger partial charge in [-0.1, -0.05) is 41.4 Å². The second-order valence-electron chi connectivity index (χ2n) is 6.67. The Balaban J connectivity index is 1.53. The molecule has 0 bridgehead atoms. The highest BCUT2D eigenvalue weighted by Gasteiger charge is 2.16. The molecule has 0 aliphatic carbocycles. The molecule has 164 valence electrons. The number of pyridine rings is 1. The lowest BCUT2D eigenvalue weighted by molar-refractivity contribution is -0.119. The summed E-state index contributed by atoms with van der Waals surface area (Å²) in [6.45, 7) is 1.48. The number of aromatic nitrogens is 1. The molecule has 0 radical (unpaired) electrons. The molecule has 0 spiro atoms. The van der Waals surface area contributed by atoms with Gasteiger partial charge in [0.15, 0.2) is 11.8 Å². The maximum atomic E-state index is 12.5. The summed E-state index contributed by atoms with van der Waals surface area (Å²) >= 11 is 7.10. The Labute approximate surface area is 194 Å². The SMILES string of the molecule is Cc1ccc(NC(=O)CSc2ccccc2C(=O)OCC(=O)Nc2cccnc2Cl)cc1. The van der Waals surface area contributed by atoms with Crippen molar-refractivity contribution in [2.24, 2.45) is 0 Å². The molecule has 7 nitrogen and oxygen atoms in total. The van der Waals surface area contributed by atoms with E-state index in [0.29, 0.717) is 16.3 Å². The van der Waals surface area contributed by atoms with Crippen molar-refractivity contribution in [2.75, 3.05) is 23.0 Å². The number of nitrogens with one attached hydrogen (secondary N) is 2. The maximum absolute atomic E-state index is 12.5. The summed E-state index contributed by atoms with van der Waals surface area (Å²) in [5.41, 5.74) is 2.40. The van der Waals surface area contributed by atoms with Crippen molar-refractivity contribution >= 4 is 52.5 Å². The number of nitrogens with zero attached hydrogens (tertiary/aromatic N) is 1. The molecule has 1 heterocycles. The molecule has 0 aliphatic heterocycles. The van der Waals surface area contributed by atoms with Gasteiger partial charge in [0.05, 0.1) is 17.0 Å². The van der Waals surface area contributed by atoms with Gasteiger partial charge in [0, 0.05) is 16.8 Å². The zero-order chi connectivity index (χ0) is 22.9. The molecule has 0 saturated carbocycles. The molecule has 0 aliphatic rings. The van der Waals surface area contributed by atoms with Crippen LogP contribution in [0.15, 0.2) is 71.8 Å². The van der Waals surface area contributed by atoms with E-state index in [1.165, 1.54) is 18.0 Å². The fourth-order valence-corrected chi connectivity index (χ4v) is 3.62. The van der Waals surface area contributed by atoms with E-state index in [2.05, 4.69) is 15.6 Å². The van der Waals surface area contributed by atoms with Crippen LogP contribution in [0.4, 0.5) is 11.4 Å². The number of hydrogen-bond donors (Lipinski definition) is 2. The fraction of sp³-hybridized carbons (Fsp3) is 0.130. The van der Waals surface area contributed by atoms with E-state index < -0.39 is 18.5 Å². The first-order chi connectivity index (χ1) is 15.4. The molecular formula is C23H20ClN3O4S. The van der Waals surface area contributed by atoms with Crippen LogP contribution >= 0.6 is 23.4 Å². The third kappa shape index (κ3) is 6.83. The molecule has 2 aromatic carbocycles. The van der Waals surface area contributed by atoms with E-state index in [0.717, 1.165) is 5.56 Å². The second-order valence-corrected chi connectivity index (χ2v) is 8.04. The van der Waals surface area contributed by atoms with Crippen LogP contribution in [-0.4, -0.2) is 35.1 Å². The molecule has 3 rings (SSSR count). The minimum atomic E-state index is -0.667. The van der Waals surface area contributed by atoms with E-state index >= 15 is 0 Å². The monoisotopic (exact) mass is 469 g/mol. The largest absolute Gasteiger partial charge is 0.452 e. The molecule has 32 heavy (non-hydrogen) atoms. The predicted molar refractivity (Wildman–Crippen MR) is 125 cm³/mol. The Hall–Kier alpha value is -3.36. The smallest absolute Gasteiger partial charge is 0.339 e. The highest BCUT2D eigenvalue weighted by molar-refractivity contribution is 8.00. The molecular weight excluding hydrogens is 450 g/mol. The number of amides is 2. The van der Waals surface area contributed by atoms with E-state index in [1.54, 1.807) is 36.4 Å². The van der Waals surface area contributed by atoms with Crippen molar-refractivity contribution < 1.29 is 19.1 Å². The lowest BCUT2D eigenvalue weighted by atomic mass is 10.2. The molecule has 0 saturated heterocycles. The minimum Gasteiger partial charge on any atom is -0.452 e. The van der Waals surface area contributed by atoms with E-state index in [-0.39, 0.29) is 22.4 Å². The quantitative estimate of drug-likeness (QED) is 0.285. The van der Waals surface area contributed by atoms with Crippen molar-refractivity contribution in [2.45, 2.75) is 11.8 Å². The zero-order valence-electron chi connectivity index (χ0n) is 17.1. The number of halogens is 1. The van der Waals surface area contributed by atoms with Crippen LogP contribution in [-0.2, 0) is 14.3 Å². The van der Waals surface area contributed by atoms with Gasteiger partial charge < -0.3 is 15.4 Å². The summed E-state index contributed by atoms with van der Waals surface area (Å²) in [7, 11) is 0. The Morgan fingerprint density at radius 2 is 1.72 bits per heavy atom. The third-order valence-corrected chi connectivity index (χ3v) is 5.54. The number of esters is 1. The number of carbonyl (C=O) groups is 3. The number of rotatable bonds is 8. The van der Waals surface area contributed by atoms with Crippen molar-refractivity contribution in [1.29, 1.82) is 0 Å². The fourth-order valence-electron chi connectivity index (χ4n) is 2.61. The van der Waals surface area contributed by atoms with Gasteiger partial charge in [0.2, 0.25) is 5.91 Å². The summed E-state index contributed by atoms with van der Waals surface area (Å²) in [6.07, 6.45) is 1.49. The predicted octanol–water partition coefficient (Wildman–Crippen LogP) is 4.57. The van der Waals surface area contributed by atoms with Gasteiger partial charge in [-0.25, -0.2) is 9.78 Å². The van der Waals surface area contributed by atoms with Gasteiger partial charge in [-0.05, 0) is 43.3 Å². The normalized spacial score (nSPS) is 10.3. The Kier molecular flexibility index (Phi) is 8.24. The van der Waals surface area contributed by atoms with Crippen LogP contribution in [0, 0.1) is 6.92 Å². The van der Waals surface area contributed by atoms with Crippen LogP contribution in [0.2, 0.25) is 5.15 Å². The standard InChI is InChI=1S/C23H20ClN3O4S/c1-15-8-10-16(11-9-15)26-21(29)14-32-19-7-3-2-5-17(19)23(30)31-13-20(28)27-18-6-4-12-25-22(18)24/h2-12H,13-14H2,1H3,(H,26,29)(H,27,28). The first kappa shape index (κ1) is 23.3. The molecule has 3 aromatic rings. The van der Waals surface area contributed by atoms with E-state index in [4.69, 9.17) is 16.3 Å². The number of benzene rings is 2. The van der Waals surface area contributed by atoms with Crippen LogP contribution in [0.1, 0.15) is 15.9 Å².